The smallest absolute Gasteiger partial charge is 0.130 e. The minimum Gasteiger partial charge on any atom is -0.363 e. The van der Waals surface area contributed by atoms with Crippen molar-refractivity contribution in [3.63, 3.8) is 0 Å². The van der Waals surface area contributed by atoms with Gasteiger partial charge in [0.25, 0.3) is 0 Å². The van der Waals surface area contributed by atoms with Gasteiger partial charge in [0.05, 0.1) is 24.8 Å². The van der Waals surface area contributed by atoms with Crippen molar-refractivity contribution in [1.29, 1.82) is 0 Å². The number of epoxide rings is 1. The second kappa shape index (κ2) is 1.61. The van der Waals surface area contributed by atoms with Gasteiger partial charge in [0, 0.05) is 7.05 Å². The molecule has 0 aromatic carbocycles. The number of ether oxygens (including phenoxy) is 1. The SMILES string of the molecule is Cn1cncc1C1(C)CO1. The average Bonchev–Trinajstić information content (AvgIpc) is 2.44. The van der Waals surface area contributed by atoms with Crippen LogP contribution in [0.15, 0.2) is 12.5 Å². The van der Waals surface area contributed by atoms with Gasteiger partial charge >= 0.3 is 0 Å². The Morgan fingerprint density at radius 3 is 2.90 bits per heavy atom. The fourth-order valence-electron chi connectivity index (χ4n) is 1.12. The summed E-state index contributed by atoms with van der Waals surface area (Å²) in [5, 5.41) is 0. The molecule has 54 valence electrons. The van der Waals surface area contributed by atoms with Crippen molar-refractivity contribution >= 4 is 0 Å². The van der Waals surface area contributed by atoms with Crippen LogP contribution in [0.3, 0.4) is 0 Å². The highest BCUT2D eigenvalue weighted by molar-refractivity contribution is 5.14. The largest absolute Gasteiger partial charge is 0.363 e. The lowest BCUT2D eigenvalue weighted by molar-refractivity contribution is 0.318. The summed E-state index contributed by atoms with van der Waals surface area (Å²) < 4.78 is 7.25. The summed E-state index contributed by atoms with van der Waals surface area (Å²) in [4.78, 5) is 4.01. The van der Waals surface area contributed by atoms with Crippen LogP contribution in [0.4, 0.5) is 0 Å². The van der Waals surface area contributed by atoms with Crippen LogP contribution >= 0.6 is 0 Å². The first-order chi connectivity index (χ1) is 4.72. The molecule has 3 heteroatoms. The van der Waals surface area contributed by atoms with Crippen molar-refractivity contribution in [2.24, 2.45) is 7.05 Å². The summed E-state index contributed by atoms with van der Waals surface area (Å²) in [6.45, 7) is 2.90. The highest BCUT2D eigenvalue weighted by atomic mass is 16.6. The van der Waals surface area contributed by atoms with Crippen molar-refractivity contribution in [3.8, 4) is 0 Å². The molecule has 1 unspecified atom stereocenters. The Morgan fingerprint density at radius 2 is 2.50 bits per heavy atom. The molecule has 2 heterocycles. The third-order valence-corrected chi connectivity index (χ3v) is 1.94. The van der Waals surface area contributed by atoms with E-state index < -0.39 is 0 Å². The predicted molar refractivity (Wildman–Crippen MR) is 36.5 cm³/mol. The van der Waals surface area contributed by atoms with Gasteiger partial charge in [-0.1, -0.05) is 0 Å². The normalized spacial score (nSPS) is 30.6. The number of imidazole rings is 1. The number of rotatable bonds is 1. The van der Waals surface area contributed by atoms with Gasteiger partial charge in [-0.05, 0) is 6.92 Å². The highest BCUT2D eigenvalue weighted by Gasteiger charge is 2.43. The Balaban J connectivity index is 2.42. The number of aryl methyl sites for hydroxylation is 1. The van der Waals surface area contributed by atoms with E-state index in [2.05, 4.69) is 11.9 Å². The lowest BCUT2D eigenvalue weighted by atomic mass is 10.1. The van der Waals surface area contributed by atoms with Crippen LogP contribution in [-0.2, 0) is 17.4 Å². The molecule has 1 atom stereocenters. The Kier molecular flexibility index (Phi) is 0.951. The van der Waals surface area contributed by atoms with Crippen molar-refractivity contribution in [1.82, 2.24) is 9.55 Å². The zero-order valence-corrected chi connectivity index (χ0v) is 6.16. The van der Waals surface area contributed by atoms with Gasteiger partial charge in [-0.2, -0.15) is 0 Å². The number of nitrogens with zero attached hydrogens (tertiary/aromatic N) is 2. The van der Waals surface area contributed by atoms with Crippen molar-refractivity contribution in [2.75, 3.05) is 6.61 Å². The van der Waals surface area contributed by atoms with E-state index in [9.17, 15) is 0 Å². The van der Waals surface area contributed by atoms with Crippen molar-refractivity contribution in [2.45, 2.75) is 12.5 Å². The van der Waals surface area contributed by atoms with E-state index in [1.54, 1.807) is 6.33 Å². The summed E-state index contributed by atoms with van der Waals surface area (Å²) in [6.07, 6.45) is 3.65. The maximum atomic E-state index is 5.26. The van der Waals surface area contributed by atoms with Gasteiger partial charge in [-0.15, -0.1) is 0 Å². The van der Waals surface area contributed by atoms with E-state index in [-0.39, 0.29) is 5.60 Å². The third-order valence-electron chi connectivity index (χ3n) is 1.94. The maximum Gasteiger partial charge on any atom is 0.130 e. The minimum atomic E-state index is -0.0365. The molecule has 1 aliphatic heterocycles. The van der Waals surface area contributed by atoms with Gasteiger partial charge in [-0.3, -0.25) is 0 Å². The molecular formula is C7H10N2O. The van der Waals surface area contributed by atoms with Crippen LogP contribution in [0, 0.1) is 0 Å². The van der Waals surface area contributed by atoms with Crippen LogP contribution in [0.1, 0.15) is 12.6 Å². The van der Waals surface area contributed by atoms with Gasteiger partial charge in [0.1, 0.15) is 5.60 Å². The summed E-state index contributed by atoms with van der Waals surface area (Å²) in [7, 11) is 1.98. The van der Waals surface area contributed by atoms with Crippen molar-refractivity contribution in [3.05, 3.63) is 18.2 Å². The molecule has 1 fully saturated rings. The van der Waals surface area contributed by atoms with Gasteiger partial charge in [0.2, 0.25) is 0 Å². The second-order valence-corrected chi connectivity index (χ2v) is 2.91. The standard InChI is InChI=1S/C7H10N2O/c1-7(4-10-7)6-3-8-5-9(6)2/h3,5H,4H2,1-2H3. The molecule has 1 aromatic rings. The molecule has 1 saturated heterocycles. The lowest BCUT2D eigenvalue weighted by Crippen LogP contribution is -2.07. The third kappa shape index (κ3) is 0.671. The molecule has 0 saturated carbocycles. The summed E-state index contributed by atoms with van der Waals surface area (Å²) >= 11 is 0. The van der Waals surface area contributed by atoms with Crippen LogP contribution in [0.2, 0.25) is 0 Å². The topological polar surface area (TPSA) is 30.4 Å². The van der Waals surface area contributed by atoms with E-state index in [4.69, 9.17) is 4.74 Å². The number of hydrogen-bond donors (Lipinski definition) is 0. The Hall–Kier alpha value is -0.830. The maximum absolute atomic E-state index is 5.26. The molecule has 2 rings (SSSR count). The minimum absolute atomic E-state index is 0.0365. The molecule has 1 aromatic heterocycles. The summed E-state index contributed by atoms with van der Waals surface area (Å²) in [6, 6.07) is 0. The highest BCUT2D eigenvalue weighted by Crippen LogP contribution is 2.36. The quantitative estimate of drug-likeness (QED) is 0.534. The first-order valence-corrected chi connectivity index (χ1v) is 3.33. The fourth-order valence-corrected chi connectivity index (χ4v) is 1.12. The zero-order valence-electron chi connectivity index (χ0n) is 6.16. The van der Waals surface area contributed by atoms with E-state index in [1.807, 2.05) is 17.8 Å². The molecule has 1 aliphatic rings. The van der Waals surface area contributed by atoms with E-state index in [0.29, 0.717) is 0 Å². The second-order valence-electron chi connectivity index (χ2n) is 2.91. The van der Waals surface area contributed by atoms with E-state index in [1.165, 1.54) is 0 Å². The molecule has 3 nitrogen and oxygen atoms in total. The van der Waals surface area contributed by atoms with Gasteiger partial charge in [0.15, 0.2) is 0 Å². The monoisotopic (exact) mass is 138 g/mol. The van der Waals surface area contributed by atoms with Crippen LogP contribution in [-0.4, -0.2) is 16.2 Å². The summed E-state index contributed by atoms with van der Waals surface area (Å²) in [5.74, 6) is 0. The van der Waals surface area contributed by atoms with Crippen molar-refractivity contribution < 1.29 is 4.74 Å². The van der Waals surface area contributed by atoms with E-state index >= 15 is 0 Å². The Bertz CT molecular complexity index is 250. The Morgan fingerprint density at radius 1 is 1.80 bits per heavy atom. The Labute approximate surface area is 59.6 Å². The predicted octanol–water partition coefficient (Wildman–Crippen LogP) is 0.665. The van der Waals surface area contributed by atoms with E-state index in [0.717, 1.165) is 12.3 Å². The molecule has 0 radical (unpaired) electrons. The zero-order chi connectivity index (χ0) is 7.19. The number of aromatic nitrogens is 2. The van der Waals surface area contributed by atoms with Gasteiger partial charge in [-0.25, -0.2) is 4.98 Å². The summed E-state index contributed by atoms with van der Waals surface area (Å²) in [5.41, 5.74) is 1.12. The average molecular weight is 138 g/mol. The molecule has 0 N–H and O–H groups in total. The molecule has 0 aliphatic carbocycles. The molecule has 0 bridgehead atoms. The molecular weight excluding hydrogens is 128 g/mol. The van der Waals surface area contributed by atoms with Gasteiger partial charge < -0.3 is 9.30 Å². The van der Waals surface area contributed by atoms with Crippen LogP contribution in [0.5, 0.6) is 0 Å². The van der Waals surface area contributed by atoms with Crippen LogP contribution in [0.25, 0.3) is 0 Å². The molecule has 0 spiro atoms. The first-order valence-electron chi connectivity index (χ1n) is 3.33. The lowest BCUT2D eigenvalue weighted by Gasteiger charge is -2.03. The fraction of sp³-hybridized carbons (Fsp3) is 0.571. The number of hydrogen-bond acceptors (Lipinski definition) is 2. The van der Waals surface area contributed by atoms with Crippen LogP contribution < -0.4 is 0 Å². The molecule has 0 amide bonds. The molecule has 10 heavy (non-hydrogen) atoms. The first kappa shape index (κ1) is 5.92.